The summed E-state index contributed by atoms with van der Waals surface area (Å²) in [6.45, 7) is 6.90. The maximum Gasteiger partial charge on any atom is 0.106 e. The van der Waals surface area contributed by atoms with Crippen LogP contribution in [0.15, 0.2) is 16.8 Å². The van der Waals surface area contributed by atoms with Gasteiger partial charge in [0.15, 0.2) is 0 Å². The molecule has 4 saturated carbocycles. The second-order valence-corrected chi connectivity index (χ2v) is 10.8. The number of hydrogen-bond donors (Lipinski definition) is 2. The smallest absolute Gasteiger partial charge is 0.106 e. The van der Waals surface area contributed by atoms with Crippen LogP contribution in [0.3, 0.4) is 0 Å². The van der Waals surface area contributed by atoms with Crippen LogP contribution in [0.2, 0.25) is 0 Å². The average Bonchev–Trinajstić information content (AvgIpc) is 2.92. The molecule has 0 aromatic heterocycles. The number of nitrogens with zero attached hydrogens (tertiary/aromatic N) is 1. The van der Waals surface area contributed by atoms with Gasteiger partial charge in [-0.15, -0.1) is 0 Å². The van der Waals surface area contributed by atoms with Gasteiger partial charge in [-0.05, 0) is 99.4 Å². The number of oxime groups is 1. The fourth-order valence-corrected chi connectivity index (χ4v) is 8.01. The van der Waals surface area contributed by atoms with Gasteiger partial charge in [0.2, 0.25) is 0 Å². The van der Waals surface area contributed by atoms with Gasteiger partial charge in [0.05, 0.1) is 17.9 Å². The third-order valence-corrected chi connectivity index (χ3v) is 9.72. The predicted octanol–water partition coefficient (Wildman–Crippen LogP) is 4.70. The zero-order chi connectivity index (χ0) is 20.2. The summed E-state index contributed by atoms with van der Waals surface area (Å²) in [5, 5.41) is 26.3. The lowest BCUT2D eigenvalue weighted by atomic mass is 9.43. The predicted molar refractivity (Wildman–Crippen MR) is 112 cm³/mol. The summed E-state index contributed by atoms with van der Waals surface area (Å²) in [5.74, 6) is 2.06. The van der Waals surface area contributed by atoms with Gasteiger partial charge < -0.3 is 15.1 Å². The second-order valence-electron chi connectivity index (χ2n) is 10.8. The number of allylic oxidation sites excluding steroid dienone is 2. The van der Waals surface area contributed by atoms with E-state index in [0.29, 0.717) is 29.1 Å². The molecule has 0 spiro atoms. The summed E-state index contributed by atoms with van der Waals surface area (Å²) in [7, 11) is 1.57. The van der Waals surface area contributed by atoms with Gasteiger partial charge >= 0.3 is 0 Å². The highest BCUT2D eigenvalue weighted by molar-refractivity contribution is 5.77. The lowest BCUT2D eigenvalue weighted by Gasteiger charge is -2.63. The SMILES string of the molecule is CO/N=C/C(C)=C/[C@H]1CC[C@]2(O)[C@@H]3CC[C@@H]4C[C@@H](O)CC[C@]4(C)[C@H]3CC[C@]12C. The Kier molecular flexibility index (Phi) is 5.19. The summed E-state index contributed by atoms with van der Waals surface area (Å²) in [6.07, 6.45) is 13.7. The Bertz CT molecular complexity index is 660. The van der Waals surface area contributed by atoms with Crippen LogP contribution in [0.5, 0.6) is 0 Å². The molecule has 4 fully saturated rings. The van der Waals surface area contributed by atoms with Crippen LogP contribution in [0.25, 0.3) is 0 Å². The zero-order valence-electron chi connectivity index (χ0n) is 18.2. The van der Waals surface area contributed by atoms with E-state index in [1.165, 1.54) is 12.8 Å². The molecule has 0 saturated heterocycles. The van der Waals surface area contributed by atoms with Crippen molar-refractivity contribution in [2.75, 3.05) is 7.11 Å². The molecule has 0 aromatic carbocycles. The Morgan fingerprint density at radius 2 is 1.82 bits per heavy atom. The van der Waals surface area contributed by atoms with Crippen LogP contribution in [0, 0.1) is 34.5 Å². The molecule has 0 heterocycles. The summed E-state index contributed by atoms with van der Waals surface area (Å²) < 4.78 is 0. The van der Waals surface area contributed by atoms with Crippen molar-refractivity contribution in [2.45, 2.75) is 90.3 Å². The molecule has 4 nitrogen and oxygen atoms in total. The van der Waals surface area contributed by atoms with Gasteiger partial charge in [0.25, 0.3) is 0 Å². The molecule has 0 amide bonds. The number of fused-ring (bicyclic) bond motifs is 5. The van der Waals surface area contributed by atoms with Gasteiger partial charge in [-0.2, -0.15) is 0 Å². The number of hydrogen-bond acceptors (Lipinski definition) is 4. The lowest BCUT2D eigenvalue weighted by Crippen LogP contribution is -2.62. The molecule has 2 N–H and O–H groups in total. The first-order valence-corrected chi connectivity index (χ1v) is 11.4. The molecule has 0 aliphatic heterocycles. The van der Waals surface area contributed by atoms with E-state index in [1.54, 1.807) is 13.3 Å². The molecule has 0 unspecified atom stereocenters. The highest BCUT2D eigenvalue weighted by Gasteiger charge is 2.66. The maximum absolute atomic E-state index is 12.1. The number of aliphatic hydroxyl groups excluding tert-OH is 1. The van der Waals surface area contributed by atoms with Gasteiger partial charge in [-0.25, -0.2) is 0 Å². The van der Waals surface area contributed by atoms with Crippen molar-refractivity contribution in [1.82, 2.24) is 0 Å². The molecular weight excluding hydrogens is 350 g/mol. The maximum atomic E-state index is 12.1. The van der Waals surface area contributed by atoms with Crippen molar-refractivity contribution in [3.05, 3.63) is 11.6 Å². The van der Waals surface area contributed by atoms with Crippen molar-refractivity contribution in [2.24, 2.45) is 39.7 Å². The van der Waals surface area contributed by atoms with Crippen LogP contribution < -0.4 is 0 Å². The number of aliphatic hydroxyl groups is 2. The molecule has 0 radical (unpaired) electrons. The first-order valence-electron chi connectivity index (χ1n) is 11.4. The van der Waals surface area contributed by atoms with Crippen LogP contribution in [-0.4, -0.2) is 35.2 Å². The van der Waals surface area contributed by atoms with E-state index in [0.717, 1.165) is 50.5 Å². The highest BCUT2D eigenvalue weighted by atomic mass is 16.6. The minimum atomic E-state index is -0.556. The Balaban J connectivity index is 1.61. The monoisotopic (exact) mass is 389 g/mol. The van der Waals surface area contributed by atoms with Crippen LogP contribution in [0.4, 0.5) is 0 Å². The van der Waals surface area contributed by atoms with Crippen LogP contribution in [0.1, 0.15) is 78.6 Å². The van der Waals surface area contributed by atoms with Crippen molar-refractivity contribution < 1.29 is 15.1 Å². The molecule has 28 heavy (non-hydrogen) atoms. The van der Waals surface area contributed by atoms with Crippen LogP contribution in [-0.2, 0) is 4.84 Å². The first kappa shape index (κ1) is 20.4. The van der Waals surface area contributed by atoms with Crippen molar-refractivity contribution in [3.63, 3.8) is 0 Å². The van der Waals surface area contributed by atoms with E-state index in [4.69, 9.17) is 4.84 Å². The van der Waals surface area contributed by atoms with Crippen molar-refractivity contribution >= 4 is 6.21 Å². The standard InChI is InChI=1S/C24H39NO3/c1-16(15-25-28-4)13-18-7-12-24(27)21-6-5-17-14-19(26)8-10-22(17,2)20(21)9-11-23(18,24)3/h13,15,17-21,26-27H,5-12,14H2,1-4H3/b16-13+,25-15+/t17-,18-,19+,20+,21-,22+,23-,24+/m1/s1. The Labute approximate surface area is 170 Å². The molecule has 8 atom stereocenters. The van der Waals surface area contributed by atoms with Crippen molar-refractivity contribution in [1.29, 1.82) is 0 Å². The Morgan fingerprint density at radius 1 is 1.04 bits per heavy atom. The molecule has 0 aromatic rings. The molecule has 4 aliphatic rings. The molecule has 0 bridgehead atoms. The van der Waals surface area contributed by atoms with Gasteiger partial charge in [-0.1, -0.05) is 25.1 Å². The zero-order valence-corrected chi connectivity index (χ0v) is 18.2. The van der Waals surface area contributed by atoms with Gasteiger partial charge in [0, 0.05) is 5.41 Å². The molecule has 4 heteroatoms. The third-order valence-electron chi connectivity index (χ3n) is 9.72. The summed E-state index contributed by atoms with van der Waals surface area (Å²) >= 11 is 0. The Hall–Kier alpha value is -0.870. The minimum absolute atomic E-state index is 0.0479. The molecule has 158 valence electrons. The summed E-state index contributed by atoms with van der Waals surface area (Å²) in [5.41, 5.74) is 0.818. The van der Waals surface area contributed by atoms with E-state index in [9.17, 15) is 10.2 Å². The van der Waals surface area contributed by atoms with Crippen LogP contribution >= 0.6 is 0 Å². The van der Waals surface area contributed by atoms with E-state index in [-0.39, 0.29) is 11.5 Å². The fourth-order valence-electron chi connectivity index (χ4n) is 8.01. The summed E-state index contributed by atoms with van der Waals surface area (Å²) in [4.78, 5) is 4.83. The van der Waals surface area contributed by atoms with E-state index >= 15 is 0 Å². The number of rotatable bonds is 3. The largest absolute Gasteiger partial charge is 0.399 e. The fraction of sp³-hybridized carbons (Fsp3) is 0.875. The lowest BCUT2D eigenvalue weighted by molar-refractivity contribution is -0.207. The van der Waals surface area contributed by atoms with Gasteiger partial charge in [-0.3, -0.25) is 0 Å². The van der Waals surface area contributed by atoms with E-state index in [1.807, 2.05) is 0 Å². The van der Waals surface area contributed by atoms with Crippen molar-refractivity contribution in [3.8, 4) is 0 Å². The van der Waals surface area contributed by atoms with E-state index < -0.39 is 5.60 Å². The summed E-state index contributed by atoms with van der Waals surface area (Å²) in [6, 6.07) is 0. The third kappa shape index (κ3) is 2.89. The topological polar surface area (TPSA) is 62.0 Å². The normalized spacial score (nSPS) is 51.5. The molecular formula is C24H39NO3. The molecule has 4 rings (SSSR count). The van der Waals surface area contributed by atoms with E-state index in [2.05, 4.69) is 32.0 Å². The van der Waals surface area contributed by atoms with Gasteiger partial charge in [0.1, 0.15) is 7.11 Å². The minimum Gasteiger partial charge on any atom is -0.399 e. The average molecular weight is 390 g/mol. The molecule has 4 aliphatic carbocycles. The quantitative estimate of drug-likeness (QED) is 0.543. The second kappa shape index (κ2) is 7.12. The Morgan fingerprint density at radius 3 is 2.57 bits per heavy atom. The highest BCUT2D eigenvalue weighted by Crippen LogP contribution is 2.69. The first-order chi connectivity index (χ1) is 13.2.